The highest BCUT2D eigenvalue weighted by Gasteiger charge is 2.05. The fourth-order valence-electron chi connectivity index (χ4n) is 1.78. The van der Waals surface area contributed by atoms with E-state index < -0.39 is 0 Å². The minimum Gasteiger partial charge on any atom is -0.497 e. The van der Waals surface area contributed by atoms with Crippen molar-refractivity contribution < 1.29 is 14.3 Å². The van der Waals surface area contributed by atoms with Gasteiger partial charge >= 0.3 is 6.03 Å². The highest BCUT2D eigenvalue weighted by Crippen LogP contribution is 2.24. The number of hydrogen-bond acceptors (Lipinski definition) is 4. The molecule has 0 aliphatic carbocycles. The van der Waals surface area contributed by atoms with Crippen molar-refractivity contribution in [2.24, 2.45) is 0 Å². The van der Waals surface area contributed by atoms with E-state index in [9.17, 15) is 4.79 Å². The zero-order valence-electron chi connectivity index (χ0n) is 11.8. The van der Waals surface area contributed by atoms with E-state index in [4.69, 9.17) is 15.2 Å². The van der Waals surface area contributed by atoms with E-state index in [1.54, 1.807) is 49.6 Å². The van der Waals surface area contributed by atoms with Crippen molar-refractivity contribution in [3.63, 3.8) is 0 Å². The van der Waals surface area contributed by atoms with E-state index >= 15 is 0 Å². The third kappa shape index (κ3) is 3.79. The van der Waals surface area contributed by atoms with Crippen LogP contribution < -0.4 is 25.8 Å². The number of nitrogens with one attached hydrogen (secondary N) is 2. The number of ether oxygens (including phenoxy) is 2. The molecule has 4 N–H and O–H groups in total. The molecule has 0 bridgehead atoms. The zero-order chi connectivity index (χ0) is 15.2. The van der Waals surface area contributed by atoms with Crippen LogP contribution in [0.1, 0.15) is 0 Å². The lowest BCUT2D eigenvalue weighted by Crippen LogP contribution is -2.19. The lowest BCUT2D eigenvalue weighted by Gasteiger charge is -2.10. The van der Waals surface area contributed by atoms with Crippen LogP contribution in [0.5, 0.6) is 11.5 Å². The fraction of sp³-hybridized carbons (Fsp3) is 0.133. The van der Waals surface area contributed by atoms with E-state index in [2.05, 4.69) is 10.6 Å². The molecule has 2 amide bonds. The Balaban J connectivity index is 1.99. The number of carbonyl (C=O) groups is 1. The second-order valence-corrected chi connectivity index (χ2v) is 4.26. The first kappa shape index (κ1) is 14.5. The van der Waals surface area contributed by atoms with Gasteiger partial charge in [-0.05, 0) is 42.5 Å². The van der Waals surface area contributed by atoms with Gasteiger partial charge in [-0.3, -0.25) is 0 Å². The Kier molecular flexibility index (Phi) is 4.50. The summed E-state index contributed by atoms with van der Waals surface area (Å²) < 4.78 is 10.1. The Morgan fingerprint density at radius 1 is 0.952 bits per heavy atom. The molecule has 0 aliphatic rings. The molecule has 0 fully saturated rings. The Bertz CT molecular complexity index is 627. The molecule has 0 heterocycles. The quantitative estimate of drug-likeness (QED) is 0.755. The summed E-state index contributed by atoms with van der Waals surface area (Å²) >= 11 is 0. The van der Waals surface area contributed by atoms with Gasteiger partial charge in [-0.15, -0.1) is 0 Å². The normalized spacial score (nSPS) is 9.81. The molecule has 6 nitrogen and oxygen atoms in total. The van der Waals surface area contributed by atoms with Crippen molar-refractivity contribution in [1.29, 1.82) is 0 Å². The van der Waals surface area contributed by atoms with Crippen LogP contribution in [0.4, 0.5) is 21.9 Å². The van der Waals surface area contributed by atoms with Gasteiger partial charge in [-0.2, -0.15) is 0 Å². The zero-order valence-corrected chi connectivity index (χ0v) is 11.8. The Morgan fingerprint density at radius 3 is 2.14 bits per heavy atom. The average Bonchev–Trinajstić information content (AvgIpc) is 2.48. The molecular weight excluding hydrogens is 270 g/mol. The van der Waals surface area contributed by atoms with Gasteiger partial charge in [0.15, 0.2) is 0 Å². The van der Waals surface area contributed by atoms with Crippen LogP contribution in [0.3, 0.4) is 0 Å². The van der Waals surface area contributed by atoms with Gasteiger partial charge in [0.1, 0.15) is 11.5 Å². The number of methoxy groups -OCH3 is 2. The lowest BCUT2D eigenvalue weighted by atomic mass is 10.2. The summed E-state index contributed by atoms with van der Waals surface area (Å²) in [6.07, 6.45) is 0. The van der Waals surface area contributed by atoms with Crippen LogP contribution in [0.25, 0.3) is 0 Å². The average molecular weight is 287 g/mol. The molecule has 110 valence electrons. The van der Waals surface area contributed by atoms with Gasteiger partial charge < -0.3 is 25.8 Å². The van der Waals surface area contributed by atoms with Gasteiger partial charge in [0.25, 0.3) is 0 Å². The third-order valence-electron chi connectivity index (χ3n) is 2.84. The first-order chi connectivity index (χ1) is 10.1. The smallest absolute Gasteiger partial charge is 0.323 e. The minimum absolute atomic E-state index is 0.357. The fourth-order valence-corrected chi connectivity index (χ4v) is 1.78. The summed E-state index contributed by atoms with van der Waals surface area (Å²) in [5.41, 5.74) is 7.48. The predicted octanol–water partition coefficient (Wildman–Crippen LogP) is 2.93. The molecule has 0 spiro atoms. The molecule has 21 heavy (non-hydrogen) atoms. The summed E-state index contributed by atoms with van der Waals surface area (Å²) in [7, 11) is 3.12. The van der Waals surface area contributed by atoms with Crippen LogP contribution in [0.15, 0.2) is 42.5 Å². The summed E-state index contributed by atoms with van der Waals surface area (Å²) in [5, 5.41) is 5.41. The summed E-state index contributed by atoms with van der Waals surface area (Å²) in [6.45, 7) is 0. The maximum absolute atomic E-state index is 11.9. The number of benzene rings is 2. The minimum atomic E-state index is -0.357. The maximum atomic E-state index is 11.9. The standard InChI is InChI=1S/C15H17N3O3/c1-20-12-6-3-10(4-7-12)17-15(19)18-11-5-8-14(21-2)13(16)9-11/h3-9H,16H2,1-2H3,(H2,17,18,19). The molecule has 2 aromatic rings. The first-order valence-electron chi connectivity index (χ1n) is 6.28. The number of urea groups is 1. The van der Waals surface area contributed by atoms with Crippen LogP contribution in [-0.2, 0) is 0 Å². The number of anilines is 3. The Morgan fingerprint density at radius 2 is 1.57 bits per heavy atom. The van der Waals surface area contributed by atoms with Gasteiger partial charge in [-0.25, -0.2) is 4.79 Å². The van der Waals surface area contributed by atoms with E-state index in [-0.39, 0.29) is 6.03 Å². The second-order valence-electron chi connectivity index (χ2n) is 4.26. The molecule has 0 radical (unpaired) electrons. The van der Waals surface area contributed by atoms with E-state index in [1.807, 2.05) is 0 Å². The molecule has 0 saturated carbocycles. The van der Waals surface area contributed by atoms with Gasteiger partial charge in [0, 0.05) is 11.4 Å². The highest BCUT2D eigenvalue weighted by atomic mass is 16.5. The van der Waals surface area contributed by atoms with Crippen LogP contribution in [0.2, 0.25) is 0 Å². The topological polar surface area (TPSA) is 85.6 Å². The summed E-state index contributed by atoms with van der Waals surface area (Å²) in [5.74, 6) is 1.29. The van der Waals surface area contributed by atoms with Crippen molar-refractivity contribution in [2.45, 2.75) is 0 Å². The van der Waals surface area contributed by atoms with E-state index in [0.717, 1.165) is 5.75 Å². The van der Waals surface area contributed by atoms with Crippen molar-refractivity contribution >= 4 is 23.1 Å². The molecule has 6 heteroatoms. The highest BCUT2D eigenvalue weighted by molar-refractivity contribution is 6.00. The largest absolute Gasteiger partial charge is 0.497 e. The molecule has 0 aliphatic heterocycles. The third-order valence-corrected chi connectivity index (χ3v) is 2.84. The molecule has 0 unspecified atom stereocenters. The van der Waals surface area contributed by atoms with Gasteiger partial charge in [0.05, 0.1) is 19.9 Å². The van der Waals surface area contributed by atoms with Crippen LogP contribution in [0, 0.1) is 0 Å². The molecular formula is C15H17N3O3. The summed E-state index contributed by atoms with van der Waals surface area (Å²) in [6, 6.07) is 11.7. The van der Waals surface area contributed by atoms with Gasteiger partial charge in [-0.1, -0.05) is 0 Å². The predicted molar refractivity (Wildman–Crippen MR) is 83.0 cm³/mol. The second kappa shape index (κ2) is 6.51. The van der Waals surface area contributed by atoms with Crippen molar-refractivity contribution in [3.8, 4) is 11.5 Å². The first-order valence-corrected chi connectivity index (χ1v) is 6.28. The Labute approximate surface area is 122 Å². The lowest BCUT2D eigenvalue weighted by molar-refractivity contribution is 0.262. The number of hydrogen-bond donors (Lipinski definition) is 3. The maximum Gasteiger partial charge on any atom is 0.323 e. The number of nitrogens with two attached hydrogens (primary N) is 1. The Hall–Kier alpha value is -2.89. The van der Waals surface area contributed by atoms with Crippen molar-refractivity contribution in [3.05, 3.63) is 42.5 Å². The van der Waals surface area contributed by atoms with Crippen LogP contribution in [-0.4, -0.2) is 20.3 Å². The molecule has 2 rings (SSSR count). The number of rotatable bonds is 4. The van der Waals surface area contributed by atoms with E-state index in [0.29, 0.717) is 22.8 Å². The molecule has 2 aromatic carbocycles. The number of amides is 2. The molecule has 0 saturated heterocycles. The monoisotopic (exact) mass is 287 g/mol. The van der Waals surface area contributed by atoms with Crippen molar-refractivity contribution in [1.82, 2.24) is 0 Å². The van der Waals surface area contributed by atoms with E-state index in [1.165, 1.54) is 7.11 Å². The molecule has 0 atom stereocenters. The number of carbonyl (C=O) groups excluding carboxylic acids is 1. The SMILES string of the molecule is COc1ccc(NC(=O)Nc2ccc(OC)c(N)c2)cc1. The molecule has 0 aromatic heterocycles. The van der Waals surface area contributed by atoms with Gasteiger partial charge in [0.2, 0.25) is 0 Å². The summed E-state index contributed by atoms with van der Waals surface area (Å²) in [4.78, 5) is 11.9. The van der Waals surface area contributed by atoms with Crippen molar-refractivity contribution in [2.75, 3.05) is 30.6 Å². The number of nitrogen functional groups attached to an aromatic ring is 1. The van der Waals surface area contributed by atoms with Crippen LogP contribution >= 0.6 is 0 Å².